The van der Waals surface area contributed by atoms with E-state index >= 15 is 0 Å². The molecular formula is C18H17ClN2O2. The zero-order valence-electron chi connectivity index (χ0n) is 12.8. The Labute approximate surface area is 140 Å². The number of halogens is 1. The number of aryl methyl sites for hydroxylation is 1. The molecule has 5 heteroatoms. The van der Waals surface area contributed by atoms with Crippen LogP contribution < -0.4 is 10.2 Å². The van der Waals surface area contributed by atoms with Gasteiger partial charge in [0.05, 0.1) is 10.7 Å². The highest BCUT2D eigenvalue weighted by molar-refractivity contribution is 6.34. The third-order valence-corrected chi connectivity index (χ3v) is 4.20. The summed E-state index contributed by atoms with van der Waals surface area (Å²) < 4.78 is 0. The van der Waals surface area contributed by atoms with Crippen LogP contribution in [0.2, 0.25) is 5.02 Å². The van der Waals surface area contributed by atoms with Crippen LogP contribution in [0.1, 0.15) is 28.8 Å². The summed E-state index contributed by atoms with van der Waals surface area (Å²) in [5, 5.41) is 3.31. The number of amides is 2. The van der Waals surface area contributed by atoms with E-state index in [-0.39, 0.29) is 11.8 Å². The van der Waals surface area contributed by atoms with Crippen molar-refractivity contribution < 1.29 is 9.59 Å². The lowest BCUT2D eigenvalue weighted by atomic mass is 10.1. The van der Waals surface area contributed by atoms with E-state index in [4.69, 9.17) is 11.6 Å². The van der Waals surface area contributed by atoms with Crippen LogP contribution in [-0.2, 0) is 4.79 Å². The molecular weight excluding hydrogens is 312 g/mol. The predicted octanol–water partition coefficient (Wildman–Crippen LogP) is 4.03. The van der Waals surface area contributed by atoms with Gasteiger partial charge < -0.3 is 10.2 Å². The number of nitrogens with one attached hydrogen (secondary N) is 1. The molecule has 0 bridgehead atoms. The first-order chi connectivity index (χ1) is 11.0. The summed E-state index contributed by atoms with van der Waals surface area (Å²) in [5.74, 6) is -0.0938. The van der Waals surface area contributed by atoms with Crippen molar-refractivity contribution in [3.05, 3.63) is 58.6 Å². The van der Waals surface area contributed by atoms with Crippen molar-refractivity contribution in [1.29, 1.82) is 0 Å². The maximum atomic E-state index is 12.3. The summed E-state index contributed by atoms with van der Waals surface area (Å²) >= 11 is 6.13. The molecule has 4 nitrogen and oxygen atoms in total. The number of carbonyl (C=O) groups excluding carboxylic acids is 2. The smallest absolute Gasteiger partial charge is 0.255 e. The molecule has 2 amide bonds. The van der Waals surface area contributed by atoms with Gasteiger partial charge in [-0.15, -0.1) is 0 Å². The van der Waals surface area contributed by atoms with E-state index in [1.807, 2.05) is 13.0 Å². The van der Waals surface area contributed by atoms with E-state index in [1.54, 1.807) is 41.3 Å². The molecule has 23 heavy (non-hydrogen) atoms. The number of anilines is 2. The minimum atomic E-state index is -0.227. The van der Waals surface area contributed by atoms with Gasteiger partial charge in [0.1, 0.15) is 0 Å². The van der Waals surface area contributed by atoms with Crippen molar-refractivity contribution in [3.8, 4) is 0 Å². The van der Waals surface area contributed by atoms with Crippen molar-refractivity contribution in [3.63, 3.8) is 0 Å². The second kappa shape index (κ2) is 6.42. The van der Waals surface area contributed by atoms with E-state index in [0.29, 0.717) is 22.7 Å². The van der Waals surface area contributed by atoms with Gasteiger partial charge in [0.2, 0.25) is 5.91 Å². The Bertz CT molecular complexity index is 756. The second-order valence-electron chi connectivity index (χ2n) is 5.63. The highest BCUT2D eigenvalue weighted by Crippen LogP contribution is 2.24. The quantitative estimate of drug-likeness (QED) is 0.924. The van der Waals surface area contributed by atoms with E-state index < -0.39 is 0 Å². The molecule has 2 aromatic carbocycles. The average Bonchev–Trinajstić information content (AvgIpc) is 2.96. The molecule has 2 aromatic rings. The summed E-state index contributed by atoms with van der Waals surface area (Å²) in [6.45, 7) is 2.68. The number of rotatable bonds is 3. The highest BCUT2D eigenvalue weighted by atomic mass is 35.5. The lowest BCUT2D eigenvalue weighted by Gasteiger charge is -2.16. The van der Waals surface area contributed by atoms with Crippen LogP contribution >= 0.6 is 11.6 Å². The molecule has 1 aliphatic rings. The van der Waals surface area contributed by atoms with Gasteiger partial charge in [0.25, 0.3) is 5.91 Å². The van der Waals surface area contributed by atoms with Crippen LogP contribution in [0.15, 0.2) is 42.5 Å². The van der Waals surface area contributed by atoms with Gasteiger partial charge in [-0.25, -0.2) is 0 Å². The largest absolute Gasteiger partial charge is 0.321 e. The fourth-order valence-electron chi connectivity index (χ4n) is 2.63. The monoisotopic (exact) mass is 328 g/mol. The number of benzene rings is 2. The molecule has 118 valence electrons. The van der Waals surface area contributed by atoms with Gasteiger partial charge >= 0.3 is 0 Å². The lowest BCUT2D eigenvalue weighted by molar-refractivity contribution is -0.117. The van der Waals surface area contributed by atoms with Gasteiger partial charge in [-0.2, -0.15) is 0 Å². The number of hydrogen-bond acceptors (Lipinski definition) is 2. The van der Waals surface area contributed by atoms with Crippen molar-refractivity contribution in [2.75, 3.05) is 16.8 Å². The van der Waals surface area contributed by atoms with Crippen LogP contribution in [-0.4, -0.2) is 18.4 Å². The number of nitrogens with zero attached hydrogens (tertiary/aromatic N) is 1. The Morgan fingerprint density at radius 1 is 1.17 bits per heavy atom. The molecule has 0 saturated carbocycles. The minimum absolute atomic E-state index is 0.133. The third-order valence-electron chi connectivity index (χ3n) is 3.89. The summed E-state index contributed by atoms with van der Waals surface area (Å²) in [5.41, 5.74) is 2.98. The molecule has 0 aromatic heterocycles. The van der Waals surface area contributed by atoms with Crippen molar-refractivity contribution in [1.82, 2.24) is 0 Å². The van der Waals surface area contributed by atoms with Gasteiger partial charge in [-0.05, 0) is 55.3 Å². The van der Waals surface area contributed by atoms with E-state index in [2.05, 4.69) is 5.32 Å². The van der Waals surface area contributed by atoms with E-state index in [9.17, 15) is 9.59 Å². The third kappa shape index (κ3) is 3.37. The van der Waals surface area contributed by atoms with E-state index in [0.717, 1.165) is 24.2 Å². The molecule has 0 spiro atoms. The van der Waals surface area contributed by atoms with Gasteiger partial charge in [0, 0.05) is 24.2 Å². The van der Waals surface area contributed by atoms with Crippen LogP contribution in [0.3, 0.4) is 0 Å². The number of hydrogen-bond donors (Lipinski definition) is 1. The summed E-state index contributed by atoms with van der Waals surface area (Å²) in [6, 6.07) is 12.5. The van der Waals surface area contributed by atoms with Crippen molar-refractivity contribution in [2.24, 2.45) is 0 Å². The van der Waals surface area contributed by atoms with Gasteiger partial charge in [0.15, 0.2) is 0 Å². The first-order valence-electron chi connectivity index (χ1n) is 7.52. The average molecular weight is 329 g/mol. The zero-order chi connectivity index (χ0) is 16.4. The molecule has 1 heterocycles. The SMILES string of the molecule is Cc1ccc(NC(=O)c2ccc(N3CCCC3=O)cc2)c(Cl)c1. The molecule has 1 saturated heterocycles. The Balaban J connectivity index is 1.74. The molecule has 0 radical (unpaired) electrons. The predicted molar refractivity (Wildman–Crippen MR) is 92.2 cm³/mol. The first-order valence-corrected chi connectivity index (χ1v) is 7.90. The maximum Gasteiger partial charge on any atom is 0.255 e. The number of carbonyl (C=O) groups is 2. The Kier molecular flexibility index (Phi) is 4.35. The van der Waals surface area contributed by atoms with Gasteiger partial charge in [-0.3, -0.25) is 9.59 Å². The Hall–Kier alpha value is -2.33. The first kappa shape index (κ1) is 15.6. The Morgan fingerprint density at radius 3 is 2.52 bits per heavy atom. The van der Waals surface area contributed by atoms with Crippen molar-refractivity contribution in [2.45, 2.75) is 19.8 Å². The van der Waals surface area contributed by atoms with Crippen LogP contribution in [0.25, 0.3) is 0 Å². The maximum absolute atomic E-state index is 12.3. The summed E-state index contributed by atoms with van der Waals surface area (Å²) in [7, 11) is 0. The fraction of sp³-hybridized carbons (Fsp3) is 0.222. The Morgan fingerprint density at radius 2 is 1.91 bits per heavy atom. The summed E-state index contributed by atoms with van der Waals surface area (Å²) in [6.07, 6.45) is 1.47. The standard InChI is InChI=1S/C18H17ClN2O2/c1-12-4-9-16(15(19)11-12)20-18(23)13-5-7-14(8-6-13)21-10-2-3-17(21)22/h4-9,11H,2-3,10H2,1H3,(H,20,23). The van der Waals surface area contributed by atoms with Gasteiger partial charge in [-0.1, -0.05) is 17.7 Å². The topological polar surface area (TPSA) is 49.4 Å². The fourth-order valence-corrected chi connectivity index (χ4v) is 2.91. The van der Waals surface area contributed by atoms with Crippen molar-refractivity contribution >= 4 is 34.8 Å². The van der Waals surface area contributed by atoms with E-state index in [1.165, 1.54) is 0 Å². The second-order valence-corrected chi connectivity index (χ2v) is 6.04. The highest BCUT2D eigenvalue weighted by Gasteiger charge is 2.21. The summed E-state index contributed by atoms with van der Waals surface area (Å²) in [4.78, 5) is 25.8. The molecule has 0 aliphatic carbocycles. The lowest BCUT2D eigenvalue weighted by Crippen LogP contribution is -2.23. The molecule has 1 N–H and O–H groups in total. The van der Waals surface area contributed by atoms with Crippen LogP contribution in [0.4, 0.5) is 11.4 Å². The normalized spacial score (nSPS) is 14.2. The minimum Gasteiger partial charge on any atom is -0.321 e. The van der Waals surface area contributed by atoms with Crippen LogP contribution in [0, 0.1) is 6.92 Å². The molecule has 3 rings (SSSR count). The zero-order valence-corrected chi connectivity index (χ0v) is 13.6. The molecule has 0 unspecified atom stereocenters. The molecule has 0 atom stereocenters. The molecule has 1 fully saturated rings. The molecule has 1 aliphatic heterocycles. The van der Waals surface area contributed by atoms with Crippen LogP contribution in [0.5, 0.6) is 0 Å².